The van der Waals surface area contributed by atoms with Crippen LogP contribution in [0.15, 0.2) is 78.4 Å². The molecular weight excluding hydrogens is 425 g/mol. The van der Waals surface area contributed by atoms with E-state index in [0.717, 1.165) is 6.42 Å². The highest BCUT2D eigenvalue weighted by Gasteiger charge is 2.47. The van der Waals surface area contributed by atoms with Gasteiger partial charge in [0.2, 0.25) is 0 Å². The summed E-state index contributed by atoms with van der Waals surface area (Å²) in [7, 11) is 0. The third-order valence-electron chi connectivity index (χ3n) is 5.34. The number of phenolic OH excluding ortho intramolecular Hbond substituents is 1. The van der Waals surface area contributed by atoms with Crippen LogP contribution < -0.4 is 9.64 Å². The van der Waals surface area contributed by atoms with Crippen LogP contribution in [-0.2, 0) is 9.59 Å². The average Bonchev–Trinajstić information content (AvgIpc) is 3.08. The summed E-state index contributed by atoms with van der Waals surface area (Å²) in [5.74, 6) is -2.03. The Bertz CT molecular complexity index is 1220. The molecule has 0 aromatic heterocycles. The Labute approximate surface area is 190 Å². The van der Waals surface area contributed by atoms with Crippen LogP contribution in [-0.4, -0.2) is 28.5 Å². The molecule has 33 heavy (non-hydrogen) atoms. The Kier molecular flexibility index (Phi) is 6.13. The number of aromatic hydroxyl groups is 1. The van der Waals surface area contributed by atoms with E-state index in [1.807, 2.05) is 6.92 Å². The average molecular weight is 447 g/mol. The van der Waals surface area contributed by atoms with E-state index in [4.69, 9.17) is 4.74 Å². The molecule has 3 aromatic rings. The molecule has 1 saturated heterocycles. The minimum absolute atomic E-state index is 0.0605. The Hall–Kier alpha value is -4.13. The monoisotopic (exact) mass is 447 g/mol. The second kappa shape index (κ2) is 9.16. The highest BCUT2D eigenvalue weighted by Crippen LogP contribution is 2.42. The van der Waals surface area contributed by atoms with Gasteiger partial charge in [-0.3, -0.25) is 14.5 Å². The first-order valence-corrected chi connectivity index (χ1v) is 10.5. The van der Waals surface area contributed by atoms with Gasteiger partial charge in [0, 0.05) is 11.3 Å². The molecule has 4 rings (SSSR count). The van der Waals surface area contributed by atoms with E-state index in [2.05, 4.69) is 0 Å². The lowest BCUT2D eigenvalue weighted by Crippen LogP contribution is -2.29. The Morgan fingerprint density at radius 3 is 2.36 bits per heavy atom. The number of aliphatic hydroxyl groups excluding tert-OH is 1. The van der Waals surface area contributed by atoms with Crippen molar-refractivity contribution in [2.24, 2.45) is 0 Å². The molecule has 1 aliphatic heterocycles. The van der Waals surface area contributed by atoms with Gasteiger partial charge in [-0.2, -0.15) is 0 Å². The predicted molar refractivity (Wildman–Crippen MR) is 122 cm³/mol. The third-order valence-corrected chi connectivity index (χ3v) is 5.34. The van der Waals surface area contributed by atoms with Crippen molar-refractivity contribution in [1.29, 1.82) is 0 Å². The number of benzene rings is 3. The second-order valence-electron chi connectivity index (χ2n) is 7.61. The molecule has 1 atom stereocenters. The zero-order valence-corrected chi connectivity index (χ0v) is 17.9. The van der Waals surface area contributed by atoms with Gasteiger partial charge in [0.1, 0.15) is 23.1 Å². The van der Waals surface area contributed by atoms with Crippen molar-refractivity contribution in [2.75, 3.05) is 11.5 Å². The van der Waals surface area contributed by atoms with Crippen LogP contribution in [0.2, 0.25) is 0 Å². The van der Waals surface area contributed by atoms with Gasteiger partial charge in [-0.05, 0) is 72.6 Å². The number of hydrogen-bond acceptors (Lipinski definition) is 5. The fraction of sp³-hybridized carbons (Fsp3) is 0.154. The number of halogens is 1. The number of anilines is 1. The molecule has 1 heterocycles. The number of rotatable bonds is 6. The Morgan fingerprint density at radius 1 is 1.03 bits per heavy atom. The van der Waals surface area contributed by atoms with Crippen molar-refractivity contribution >= 4 is 23.1 Å². The van der Waals surface area contributed by atoms with E-state index in [9.17, 15) is 24.2 Å². The maximum atomic E-state index is 13.5. The van der Waals surface area contributed by atoms with Gasteiger partial charge in [0.15, 0.2) is 0 Å². The quantitative estimate of drug-likeness (QED) is 0.317. The summed E-state index contributed by atoms with van der Waals surface area (Å²) in [5.41, 5.74) is 0.912. The van der Waals surface area contributed by atoms with Crippen LogP contribution in [0.5, 0.6) is 11.5 Å². The van der Waals surface area contributed by atoms with E-state index in [1.165, 1.54) is 41.3 Å². The summed E-state index contributed by atoms with van der Waals surface area (Å²) in [6.07, 6.45) is 0.846. The topological polar surface area (TPSA) is 87.1 Å². The molecule has 0 bridgehead atoms. The van der Waals surface area contributed by atoms with Gasteiger partial charge in [-0.1, -0.05) is 19.1 Å². The highest BCUT2D eigenvalue weighted by atomic mass is 19.1. The van der Waals surface area contributed by atoms with Crippen molar-refractivity contribution in [1.82, 2.24) is 0 Å². The molecule has 1 unspecified atom stereocenters. The summed E-state index contributed by atoms with van der Waals surface area (Å²) >= 11 is 0. The molecule has 1 amide bonds. The molecule has 3 aromatic carbocycles. The van der Waals surface area contributed by atoms with Gasteiger partial charge in [0.05, 0.1) is 18.2 Å². The van der Waals surface area contributed by atoms with Crippen molar-refractivity contribution in [3.8, 4) is 11.5 Å². The Balaban J connectivity index is 1.85. The summed E-state index contributed by atoms with van der Waals surface area (Å²) in [6.45, 7) is 2.54. The minimum Gasteiger partial charge on any atom is -0.508 e. The minimum atomic E-state index is -1.02. The zero-order valence-electron chi connectivity index (χ0n) is 17.9. The molecule has 7 heteroatoms. The van der Waals surface area contributed by atoms with E-state index in [1.54, 1.807) is 36.4 Å². The number of phenols is 1. The number of amides is 1. The van der Waals surface area contributed by atoms with E-state index >= 15 is 0 Å². The first-order chi connectivity index (χ1) is 15.9. The molecule has 0 aliphatic carbocycles. The first kappa shape index (κ1) is 22.1. The Morgan fingerprint density at radius 2 is 1.73 bits per heavy atom. The molecule has 1 fully saturated rings. The van der Waals surface area contributed by atoms with E-state index in [0.29, 0.717) is 23.5 Å². The summed E-state index contributed by atoms with van der Waals surface area (Å²) in [4.78, 5) is 27.3. The number of Topliss-reactive ketones (excluding diaryl/α,β-unsaturated/α-hetero) is 1. The fourth-order valence-corrected chi connectivity index (χ4v) is 3.80. The SMILES string of the molecule is CCCOc1ccc(/C(O)=C2/C(=O)C(=O)N(c3ccc(F)cc3)C2c2cccc(O)c2)cc1. The van der Waals surface area contributed by atoms with Crippen LogP contribution in [0.25, 0.3) is 5.76 Å². The van der Waals surface area contributed by atoms with Gasteiger partial charge >= 0.3 is 0 Å². The second-order valence-corrected chi connectivity index (χ2v) is 7.61. The predicted octanol–water partition coefficient (Wildman–Crippen LogP) is 4.95. The van der Waals surface area contributed by atoms with Crippen LogP contribution >= 0.6 is 0 Å². The van der Waals surface area contributed by atoms with Crippen molar-refractivity contribution < 1.29 is 28.9 Å². The first-order valence-electron chi connectivity index (χ1n) is 10.5. The lowest BCUT2D eigenvalue weighted by Gasteiger charge is -2.25. The zero-order chi connectivity index (χ0) is 23.5. The molecule has 0 radical (unpaired) electrons. The molecule has 1 aliphatic rings. The number of nitrogens with zero attached hydrogens (tertiary/aromatic N) is 1. The van der Waals surface area contributed by atoms with Crippen LogP contribution in [0.1, 0.15) is 30.5 Å². The lowest BCUT2D eigenvalue weighted by atomic mass is 9.95. The number of carbonyl (C=O) groups excluding carboxylic acids is 2. The number of carbonyl (C=O) groups is 2. The lowest BCUT2D eigenvalue weighted by molar-refractivity contribution is -0.132. The van der Waals surface area contributed by atoms with Crippen LogP contribution in [0.3, 0.4) is 0 Å². The highest BCUT2D eigenvalue weighted by molar-refractivity contribution is 6.51. The summed E-state index contributed by atoms with van der Waals surface area (Å²) in [6, 6.07) is 16.8. The fourth-order valence-electron chi connectivity index (χ4n) is 3.80. The number of ketones is 1. The molecule has 168 valence electrons. The van der Waals surface area contributed by atoms with Gasteiger partial charge in [0.25, 0.3) is 11.7 Å². The molecule has 0 saturated carbocycles. The van der Waals surface area contributed by atoms with E-state index < -0.39 is 23.5 Å². The van der Waals surface area contributed by atoms with E-state index in [-0.39, 0.29) is 22.8 Å². The van der Waals surface area contributed by atoms with Gasteiger partial charge in [-0.25, -0.2) is 4.39 Å². The normalized spacial score (nSPS) is 17.4. The maximum absolute atomic E-state index is 13.5. The van der Waals surface area contributed by atoms with Crippen molar-refractivity contribution in [2.45, 2.75) is 19.4 Å². The summed E-state index contributed by atoms with van der Waals surface area (Å²) < 4.78 is 19.1. The van der Waals surface area contributed by atoms with Crippen LogP contribution in [0, 0.1) is 5.82 Å². The molecular formula is C26H22FNO5. The maximum Gasteiger partial charge on any atom is 0.300 e. The van der Waals surface area contributed by atoms with Crippen LogP contribution in [0.4, 0.5) is 10.1 Å². The summed E-state index contributed by atoms with van der Waals surface area (Å²) in [5, 5.41) is 21.1. The third kappa shape index (κ3) is 4.30. The van der Waals surface area contributed by atoms with Gasteiger partial charge in [-0.15, -0.1) is 0 Å². The van der Waals surface area contributed by atoms with Crippen molar-refractivity contribution in [3.63, 3.8) is 0 Å². The smallest absolute Gasteiger partial charge is 0.300 e. The standard InChI is InChI=1S/C26H22FNO5/c1-2-14-33-21-12-6-16(7-13-21)24(30)22-23(17-4-3-5-20(29)15-17)28(26(32)25(22)31)19-10-8-18(27)9-11-19/h3-13,15,23,29-30H,2,14H2,1H3/b24-22-. The molecule has 2 N–H and O–H groups in total. The molecule has 0 spiro atoms. The molecule has 6 nitrogen and oxygen atoms in total. The number of ether oxygens (including phenoxy) is 1. The number of hydrogen-bond donors (Lipinski definition) is 2. The number of aliphatic hydroxyl groups is 1. The van der Waals surface area contributed by atoms with Crippen molar-refractivity contribution in [3.05, 3.63) is 95.3 Å². The van der Waals surface area contributed by atoms with Gasteiger partial charge < -0.3 is 14.9 Å². The largest absolute Gasteiger partial charge is 0.508 e.